The quantitative estimate of drug-likeness (QED) is 0.744. The fourth-order valence-corrected chi connectivity index (χ4v) is 3.39. The van der Waals surface area contributed by atoms with Gasteiger partial charge in [-0.2, -0.15) is 12.7 Å². The lowest BCUT2D eigenvalue weighted by Crippen LogP contribution is -2.54. The maximum atomic E-state index is 12.1. The number of piperidine rings is 1. The van der Waals surface area contributed by atoms with Crippen molar-refractivity contribution in [2.24, 2.45) is 5.41 Å². The van der Waals surface area contributed by atoms with Gasteiger partial charge in [0.1, 0.15) is 0 Å². The molecule has 0 aromatic heterocycles. The minimum atomic E-state index is -3.34. The summed E-state index contributed by atoms with van der Waals surface area (Å²) in [5.41, 5.74) is 0.142. The lowest BCUT2D eigenvalue weighted by Gasteiger charge is -2.39. The van der Waals surface area contributed by atoms with Crippen LogP contribution in [0, 0.1) is 5.41 Å². The first kappa shape index (κ1) is 16.9. The van der Waals surface area contributed by atoms with Crippen molar-refractivity contribution in [1.82, 2.24) is 14.3 Å². The second kappa shape index (κ2) is 7.02. The highest BCUT2D eigenvalue weighted by molar-refractivity contribution is 7.87. The van der Waals surface area contributed by atoms with Gasteiger partial charge in [0.25, 0.3) is 10.2 Å². The van der Waals surface area contributed by atoms with Crippen molar-refractivity contribution in [3.8, 4) is 0 Å². The van der Waals surface area contributed by atoms with Gasteiger partial charge in [-0.15, -0.1) is 0 Å². The van der Waals surface area contributed by atoms with E-state index in [0.29, 0.717) is 13.1 Å². The number of nitrogens with one attached hydrogen (secondary N) is 2. The average Bonchev–Trinajstić information content (AvgIpc) is 2.34. The van der Waals surface area contributed by atoms with Crippen LogP contribution in [0.5, 0.6) is 0 Å². The predicted octanol–water partition coefficient (Wildman–Crippen LogP) is 1.33. The molecule has 19 heavy (non-hydrogen) atoms. The summed E-state index contributed by atoms with van der Waals surface area (Å²) in [5.74, 6) is 0. The Morgan fingerprint density at radius 3 is 2.68 bits per heavy atom. The highest BCUT2D eigenvalue weighted by atomic mass is 32.2. The highest BCUT2D eigenvalue weighted by Crippen LogP contribution is 2.29. The molecule has 1 aliphatic heterocycles. The van der Waals surface area contributed by atoms with Crippen LogP contribution >= 0.6 is 0 Å². The Hall–Kier alpha value is -0.170. The van der Waals surface area contributed by atoms with Crippen LogP contribution in [0.2, 0.25) is 0 Å². The SMILES string of the molecule is CCCCN(C)S(=O)(=O)NCC1NCCCC1(C)C. The van der Waals surface area contributed by atoms with Crippen molar-refractivity contribution in [2.75, 3.05) is 26.7 Å². The minimum absolute atomic E-state index is 0.142. The van der Waals surface area contributed by atoms with Gasteiger partial charge in [-0.1, -0.05) is 27.2 Å². The van der Waals surface area contributed by atoms with Crippen LogP contribution in [-0.4, -0.2) is 45.4 Å². The molecular weight excluding hydrogens is 262 g/mol. The van der Waals surface area contributed by atoms with E-state index < -0.39 is 10.2 Å². The smallest absolute Gasteiger partial charge is 0.279 e. The summed E-state index contributed by atoms with van der Waals surface area (Å²) in [7, 11) is -1.70. The lowest BCUT2D eigenvalue weighted by molar-refractivity contribution is 0.181. The monoisotopic (exact) mass is 291 g/mol. The van der Waals surface area contributed by atoms with E-state index in [9.17, 15) is 8.42 Å². The van der Waals surface area contributed by atoms with Crippen LogP contribution < -0.4 is 10.0 Å². The third kappa shape index (κ3) is 5.02. The number of hydrogen-bond acceptors (Lipinski definition) is 3. The molecule has 0 saturated carbocycles. The maximum Gasteiger partial charge on any atom is 0.279 e. The van der Waals surface area contributed by atoms with E-state index in [-0.39, 0.29) is 11.5 Å². The van der Waals surface area contributed by atoms with Gasteiger partial charge in [0, 0.05) is 26.2 Å². The van der Waals surface area contributed by atoms with Crippen molar-refractivity contribution in [1.29, 1.82) is 0 Å². The van der Waals surface area contributed by atoms with E-state index in [1.165, 1.54) is 4.31 Å². The van der Waals surface area contributed by atoms with Gasteiger partial charge in [-0.05, 0) is 31.2 Å². The van der Waals surface area contributed by atoms with Gasteiger partial charge in [-0.25, -0.2) is 4.72 Å². The molecule has 1 heterocycles. The fourth-order valence-electron chi connectivity index (χ4n) is 2.42. The number of hydrogen-bond donors (Lipinski definition) is 2. The molecule has 0 aromatic rings. The van der Waals surface area contributed by atoms with Crippen LogP contribution in [0.4, 0.5) is 0 Å². The minimum Gasteiger partial charge on any atom is -0.312 e. The summed E-state index contributed by atoms with van der Waals surface area (Å²) in [6.45, 7) is 8.46. The van der Waals surface area contributed by atoms with E-state index in [1.54, 1.807) is 7.05 Å². The summed E-state index contributed by atoms with van der Waals surface area (Å²) >= 11 is 0. The van der Waals surface area contributed by atoms with Crippen LogP contribution in [0.25, 0.3) is 0 Å². The van der Waals surface area contributed by atoms with Gasteiger partial charge >= 0.3 is 0 Å². The zero-order valence-electron chi connectivity index (χ0n) is 12.7. The molecule has 1 fully saturated rings. The Balaban J connectivity index is 2.50. The predicted molar refractivity (Wildman–Crippen MR) is 79.3 cm³/mol. The maximum absolute atomic E-state index is 12.1. The molecule has 1 atom stereocenters. The lowest BCUT2D eigenvalue weighted by atomic mass is 9.78. The number of rotatable bonds is 7. The summed E-state index contributed by atoms with van der Waals surface area (Å²) in [6, 6.07) is 0.204. The highest BCUT2D eigenvalue weighted by Gasteiger charge is 2.32. The third-order valence-electron chi connectivity index (χ3n) is 4.04. The first-order valence-corrected chi connectivity index (χ1v) is 8.68. The topological polar surface area (TPSA) is 61.4 Å². The molecule has 1 rings (SSSR count). The van der Waals surface area contributed by atoms with Crippen LogP contribution in [-0.2, 0) is 10.2 Å². The molecule has 2 N–H and O–H groups in total. The standard InChI is InChI=1S/C13H29N3O2S/c1-5-6-10-16(4)19(17,18)15-11-12-13(2,3)8-7-9-14-12/h12,14-15H,5-11H2,1-4H3. The summed E-state index contributed by atoms with van der Waals surface area (Å²) in [6.07, 6.45) is 4.19. The summed E-state index contributed by atoms with van der Waals surface area (Å²) < 4.78 is 28.3. The molecule has 0 aliphatic carbocycles. The zero-order valence-corrected chi connectivity index (χ0v) is 13.5. The summed E-state index contributed by atoms with van der Waals surface area (Å²) in [4.78, 5) is 0. The molecule has 1 saturated heterocycles. The molecule has 1 aliphatic rings. The van der Waals surface area contributed by atoms with Crippen molar-refractivity contribution in [3.63, 3.8) is 0 Å². The second-order valence-corrected chi connectivity index (χ2v) is 7.99. The summed E-state index contributed by atoms with van der Waals surface area (Å²) in [5, 5.41) is 3.42. The van der Waals surface area contributed by atoms with Crippen LogP contribution in [0.3, 0.4) is 0 Å². The van der Waals surface area contributed by atoms with Crippen molar-refractivity contribution in [2.45, 2.75) is 52.5 Å². The molecule has 0 bridgehead atoms. The van der Waals surface area contributed by atoms with E-state index in [4.69, 9.17) is 0 Å². The van der Waals surface area contributed by atoms with E-state index in [0.717, 1.165) is 32.2 Å². The fraction of sp³-hybridized carbons (Fsp3) is 1.00. The number of unbranched alkanes of at least 4 members (excludes halogenated alkanes) is 1. The molecule has 5 nitrogen and oxygen atoms in total. The first-order valence-electron chi connectivity index (χ1n) is 7.24. The van der Waals surface area contributed by atoms with Gasteiger partial charge in [-0.3, -0.25) is 0 Å². The normalized spacial score (nSPS) is 23.7. The molecule has 6 heteroatoms. The van der Waals surface area contributed by atoms with Gasteiger partial charge in [0.05, 0.1) is 0 Å². The Bertz CT molecular complexity index is 368. The number of nitrogens with zero attached hydrogens (tertiary/aromatic N) is 1. The van der Waals surface area contributed by atoms with Gasteiger partial charge < -0.3 is 5.32 Å². The van der Waals surface area contributed by atoms with E-state index in [2.05, 4.69) is 30.8 Å². The molecular formula is C13H29N3O2S. The largest absolute Gasteiger partial charge is 0.312 e. The Kier molecular flexibility index (Phi) is 6.23. The average molecular weight is 291 g/mol. The zero-order chi connectivity index (χ0) is 14.5. The molecule has 0 aromatic carbocycles. The Morgan fingerprint density at radius 2 is 2.11 bits per heavy atom. The third-order valence-corrected chi connectivity index (χ3v) is 5.57. The molecule has 0 radical (unpaired) electrons. The van der Waals surface area contributed by atoms with Gasteiger partial charge in [0.2, 0.25) is 0 Å². The molecule has 0 amide bonds. The van der Waals surface area contributed by atoms with E-state index in [1.807, 2.05) is 0 Å². The first-order chi connectivity index (χ1) is 8.79. The van der Waals surface area contributed by atoms with Crippen molar-refractivity contribution in [3.05, 3.63) is 0 Å². The van der Waals surface area contributed by atoms with Crippen LogP contribution in [0.15, 0.2) is 0 Å². The van der Waals surface area contributed by atoms with Crippen molar-refractivity contribution >= 4 is 10.2 Å². The van der Waals surface area contributed by atoms with Crippen molar-refractivity contribution < 1.29 is 8.42 Å². The molecule has 1 unspecified atom stereocenters. The Labute approximate surface area is 118 Å². The second-order valence-electron chi connectivity index (χ2n) is 6.13. The molecule has 114 valence electrons. The van der Waals surface area contributed by atoms with Gasteiger partial charge in [0.15, 0.2) is 0 Å². The Morgan fingerprint density at radius 1 is 1.42 bits per heavy atom. The van der Waals surface area contributed by atoms with E-state index >= 15 is 0 Å². The molecule has 0 spiro atoms. The van der Waals surface area contributed by atoms with Crippen LogP contribution in [0.1, 0.15) is 46.5 Å².